The highest BCUT2D eigenvalue weighted by atomic mass is 16.7. The molecule has 49 heavy (non-hydrogen) atoms. The molecule has 1 aliphatic carbocycles. The van der Waals surface area contributed by atoms with Gasteiger partial charge in [0.2, 0.25) is 0 Å². The number of hydrogen-bond donors (Lipinski definition) is 1. The number of esters is 1. The first-order valence-corrected chi connectivity index (χ1v) is 17.5. The number of carbonyl (C=O) groups is 3. The van der Waals surface area contributed by atoms with Crippen LogP contribution in [0.2, 0.25) is 0 Å². The van der Waals surface area contributed by atoms with Crippen molar-refractivity contribution in [1.29, 1.82) is 0 Å². The van der Waals surface area contributed by atoms with Crippen LogP contribution in [0, 0.1) is 5.92 Å². The Morgan fingerprint density at radius 1 is 0.878 bits per heavy atom. The van der Waals surface area contributed by atoms with Gasteiger partial charge in [0.05, 0.1) is 30.3 Å². The summed E-state index contributed by atoms with van der Waals surface area (Å²) in [6, 6.07) is 15.3. The van der Waals surface area contributed by atoms with Crippen LogP contribution in [0.5, 0.6) is 11.5 Å². The Kier molecular flexibility index (Phi) is 14.6. The van der Waals surface area contributed by atoms with Gasteiger partial charge in [-0.15, -0.1) is 0 Å². The van der Waals surface area contributed by atoms with Crippen LogP contribution < -0.4 is 9.47 Å². The van der Waals surface area contributed by atoms with Gasteiger partial charge in [-0.2, -0.15) is 0 Å². The molecular weight excluding hydrogens is 632 g/mol. The standard InChI is InChI=1S/C38H48O11/c39-32-24-33(49-36-17-9-11-23-44-36)37(46-26-30(48-35-16-8-10-22-43-35)25-45-28-12-4-3-5-13-28)31(32)14-6-1-2-7-15-34(40)47-29-20-18-27(19-21-29)38(41)42/h1,3-6,12-13,18-21,30-31,33,35-37H,2,7-11,14-17,22-26H2,(H,41,42)/b6-1+. The summed E-state index contributed by atoms with van der Waals surface area (Å²) in [5.74, 6) is -0.714. The minimum Gasteiger partial charge on any atom is -0.491 e. The second-order valence-electron chi connectivity index (χ2n) is 12.6. The highest BCUT2D eigenvalue weighted by Crippen LogP contribution is 2.33. The van der Waals surface area contributed by atoms with Gasteiger partial charge in [-0.3, -0.25) is 9.59 Å². The molecule has 1 saturated carbocycles. The van der Waals surface area contributed by atoms with Crippen molar-refractivity contribution in [3.8, 4) is 11.5 Å². The number of ether oxygens (including phenoxy) is 7. The van der Waals surface area contributed by atoms with Crippen molar-refractivity contribution in [3.63, 3.8) is 0 Å². The number of unbranched alkanes of at least 4 members (excludes halogenated alkanes) is 1. The molecule has 3 fully saturated rings. The maximum atomic E-state index is 13.3. The van der Waals surface area contributed by atoms with Crippen LogP contribution in [0.3, 0.4) is 0 Å². The fraction of sp³-hybridized carbons (Fsp3) is 0.553. The van der Waals surface area contributed by atoms with Gasteiger partial charge in [0.15, 0.2) is 12.6 Å². The first kappa shape index (κ1) is 36.7. The van der Waals surface area contributed by atoms with Crippen molar-refractivity contribution in [3.05, 3.63) is 72.3 Å². The molecule has 0 aromatic heterocycles. The number of carboxylic acids is 1. The van der Waals surface area contributed by atoms with E-state index in [1.807, 2.05) is 42.5 Å². The molecule has 5 rings (SSSR count). The lowest BCUT2D eigenvalue weighted by Crippen LogP contribution is -2.40. The first-order chi connectivity index (χ1) is 23.9. The predicted molar refractivity (Wildman–Crippen MR) is 178 cm³/mol. The van der Waals surface area contributed by atoms with Gasteiger partial charge in [-0.05, 0) is 94.2 Å². The zero-order valence-electron chi connectivity index (χ0n) is 28.0. The van der Waals surface area contributed by atoms with Gasteiger partial charge in [0, 0.05) is 26.1 Å². The van der Waals surface area contributed by atoms with Crippen molar-refractivity contribution < 1.29 is 52.6 Å². The monoisotopic (exact) mass is 680 g/mol. The third-order valence-electron chi connectivity index (χ3n) is 8.82. The Morgan fingerprint density at radius 3 is 2.31 bits per heavy atom. The summed E-state index contributed by atoms with van der Waals surface area (Å²) in [6.45, 7) is 1.77. The van der Waals surface area contributed by atoms with Gasteiger partial charge in [-0.25, -0.2) is 4.79 Å². The van der Waals surface area contributed by atoms with Crippen LogP contribution in [-0.4, -0.2) is 80.1 Å². The average Bonchev–Trinajstić information content (AvgIpc) is 3.41. The first-order valence-electron chi connectivity index (χ1n) is 17.5. The Morgan fingerprint density at radius 2 is 1.61 bits per heavy atom. The zero-order chi connectivity index (χ0) is 34.3. The largest absolute Gasteiger partial charge is 0.491 e. The Labute approximate surface area is 287 Å². The predicted octanol–water partition coefficient (Wildman–Crippen LogP) is 6.28. The maximum Gasteiger partial charge on any atom is 0.335 e. The number of carboxylic acid groups (broad SMARTS) is 1. The lowest BCUT2D eigenvalue weighted by Gasteiger charge is -2.32. The molecule has 11 nitrogen and oxygen atoms in total. The van der Waals surface area contributed by atoms with E-state index in [-0.39, 0.29) is 50.0 Å². The third-order valence-corrected chi connectivity index (χ3v) is 8.82. The smallest absolute Gasteiger partial charge is 0.335 e. The normalized spacial score (nSPS) is 24.9. The highest BCUT2D eigenvalue weighted by molar-refractivity contribution is 5.87. The number of Topliss-reactive ketones (excluding diaryl/α,β-unsaturated/α-hetero) is 1. The molecule has 11 heteroatoms. The van der Waals surface area contributed by atoms with Crippen LogP contribution in [0.4, 0.5) is 0 Å². The summed E-state index contributed by atoms with van der Waals surface area (Å²) >= 11 is 0. The molecule has 6 unspecified atom stereocenters. The van der Waals surface area contributed by atoms with Crippen LogP contribution in [0.15, 0.2) is 66.7 Å². The summed E-state index contributed by atoms with van der Waals surface area (Å²) in [5.41, 5.74) is 0.123. The van der Waals surface area contributed by atoms with E-state index in [9.17, 15) is 14.4 Å². The molecule has 1 N–H and O–H groups in total. The summed E-state index contributed by atoms with van der Waals surface area (Å²) in [6.07, 6.45) is 9.68. The van der Waals surface area contributed by atoms with Crippen molar-refractivity contribution in [2.24, 2.45) is 5.92 Å². The minimum absolute atomic E-state index is 0.0848. The highest BCUT2D eigenvalue weighted by Gasteiger charge is 2.45. The Bertz CT molecular complexity index is 1330. The average molecular weight is 681 g/mol. The fourth-order valence-electron chi connectivity index (χ4n) is 6.19. The minimum atomic E-state index is -1.04. The second kappa shape index (κ2) is 19.5. The Balaban J connectivity index is 1.15. The zero-order valence-corrected chi connectivity index (χ0v) is 28.0. The number of benzene rings is 2. The van der Waals surface area contributed by atoms with Gasteiger partial charge < -0.3 is 38.3 Å². The van der Waals surface area contributed by atoms with E-state index in [0.717, 1.165) is 44.3 Å². The molecule has 0 spiro atoms. The number of allylic oxidation sites excluding steroid dienone is 2. The van der Waals surface area contributed by atoms with Gasteiger partial charge >= 0.3 is 11.9 Å². The number of para-hydroxylation sites is 1. The summed E-state index contributed by atoms with van der Waals surface area (Å²) in [5, 5.41) is 9.02. The molecule has 6 atom stereocenters. The van der Waals surface area contributed by atoms with Crippen molar-refractivity contribution in [1.82, 2.24) is 0 Å². The topological polar surface area (TPSA) is 136 Å². The van der Waals surface area contributed by atoms with Crippen molar-refractivity contribution in [2.45, 2.75) is 102 Å². The third kappa shape index (κ3) is 12.0. The van der Waals surface area contributed by atoms with Crippen LogP contribution in [0.1, 0.15) is 81.0 Å². The van der Waals surface area contributed by atoms with Gasteiger partial charge in [0.1, 0.15) is 30.0 Å². The van der Waals surface area contributed by atoms with E-state index < -0.39 is 36.2 Å². The number of ketones is 1. The number of carbonyl (C=O) groups excluding carboxylic acids is 2. The van der Waals surface area contributed by atoms with Gasteiger partial charge in [-0.1, -0.05) is 30.4 Å². The van der Waals surface area contributed by atoms with E-state index in [0.29, 0.717) is 38.2 Å². The lowest BCUT2D eigenvalue weighted by atomic mass is 9.99. The molecule has 2 aliphatic heterocycles. The van der Waals surface area contributed by atoms with E-state index in [4.69, 9.17) is 38.3 Å². The van der Waals surface area contributed by atoms with E-state index in [1.165, 1.54) is 24.3 Å². The van der Waals surface area contributed by atoms with Crippen LogP contribution in [0.25, 0.3) is 0 Å². The van der Waals surface area contributed by atoms with E-state index in [1.54, 1.807) is 0 Å². The van der Waals surface area contributed by atoms with Crippen molar-refractivity contribution in [2.75, 3.05) is 26.4 Å². The molecule has 2 heterocycles. The Hall–Kier alpha value is -3.61. The van der Waals surface area contributed by atoms with E-state index in [2.05, 4.69) is 0 Å². The molecule has 2 aromatic carbocycles. The van der Waals surface area contributed by atoms with Crippen molar-refractivity contribution >= 4 is 17.7 Å². The molecule has 3 aliphatic rings. The molecule has 0 radical (unpaired) electrons. The van der Waals surface area contributed by atoms with Crippen LogP contribution >= 0.6 is 0 Å². The molecule has 0 bridgehead atoms. The lowest BCUT2D eigenvalue weighted by molar-refractivity contribution is -0.226. The second-order valence-corrected chi connectivity index (χ2v) is 12.6. The fourth-order valence-corrected chi connectivity index (χ4v) is 6.19. The molecule has 0 amide bonds. The summed E-state index contributed by atoms with van der Waals surface area (Å²) in [7, 11) is 0. The maximum absolute atomic E-state index is 13.3. The summed E-state index contributed by atoms with van der Waals surface area (Å²) in [4.78, 5) is 36.6. The molecule has 2 saturated heterocycles. The molecule has 2 aromatic rings. The number of hydrogen-bond acceptors (Lipinski definition) is 10. The molecule has 266 valence electrons. The van der Waals surface area contributed by atoms with E-state index >= 15 is 0 Å². The van der Waals surface area contributed by atoms with Gasteiger partial charge in [0.25, 0.3) is 0 Å². The SMILES string of the molecule is O=C(CCC/C=C/CC1C(=O)CC(OC2CCCCO2)C1OCC(COc1ccccc1)OC1CCCCO1)Oc1ccc(C(=O)O)cc1. The quantitative estimate of drug-likeness (QED) is 0.0824. The molecular formula is C38H48O11. The number of aromatic carboxylic acids is 1. The number of rotatable bonds is 18. The summed E-state index contributed by atoms with van der Waals surface area (Å²) < 4.78 is 42.2. The van der Waals surface area contributed by atoms with Crippen LogP contribution in [-0.2, 0) is 33.3 Å².